The van der Waals surface area contributed by atoms with Crippen molar-refractivity contribution in [3.8, 4) is 23.8 Å². The van der Waals surface area contributed by atoms with E-state index in [0.29, 0.717) is 5.39 Å². The van der Waals surface area contributed by atoms with Crippen molar-refractivity contribution >= 4 is 22.6 Å². The standard InChI is InChI=1S/C21H23NO9/c1-6-14(24)22-12-9-11-7-8-13(16(27-4)15(11)30-17(12)25)29-19-21(26,10-23)18(28-5)20(2,3)31-19/h1,7-9,18-19,23,26H,10H2,2-5H3,(H,22,24). The molecule has 0 aliphatic carbocycles. The number of rotatable bonds is 6. The fraction of sp³-hybridized carbons (Fsp3) is 0.429. The number of carbonyl (C=O) groups is 1. The first-order valence-corrected chi connectivity index (χ1v) is 9.24. The Balaban J connectivity index is 2.04. The van der Waals surface area contributed by atoms with Crippen LogP contribution in [0.2, 0.25) is 0 Å². The molecule has 2 aromatic rings. The molecule has 0 saturated carbocycles. The van der Waals surface area contributed by atoms with Gasteiger partial charge in [-0.15, -0.1) is 6.42 Å². The molecule has 1 aromatic heterocycles. The number of terminal acetylenes is 1. The Morgan fingerprint density at radius 2 is 2.06 bits per heavy atom. The predicted octanol–water partition coefficient (Wildman–Crippen LogP) is 0.625. The van der Waals surface area contributed by atoms with Crippen LogP contribution in [-0.2, 0) is 14.3 Å². The number of aliphatic hydroxyl groups is 2. The number of carbonyl (C=O) groups excluding carboxylic acids is 1. The second kappa shape index (κ2) is 8.20. The monoisotopic (exact) mass is 433 g/mol. The number of aliphatic hydroxyl groups excluding tert-OH is 1. The van der Waals surface area contributed by atoms with Crippen molar-refractivity contribution in [2.24, 2.45) is 0 Å². The molecule has 166 valence electrons. The van der Waals surface area contributed by atoms with Crippen LogP contribution < -0.4 is 20.4 Å². The smallest absolute Gasteiger partial charge is 0.360 e. The second-order valence-electron chi connectivity index (χ2n) is 7.50. The minimum Gasteiger partial charge on any atom is -0.490 e. The van der Waals surface area contributed by atoms with Crippen molar-refractivity contribution in [1.29, 1.82) is 0 Å². The van der Waals surface area contributed by atoms with Gasteiger partial charge in [0.1, 0.15) is 11.8 Å². The van der Waals surface area contributed by atoms with E-state index in [4.69, 9.17) is 29.8 Å². The van der Waals surface area contributed by atoms with Crippen molar-refractivity contribution in [1.82, 2.24) is 0 Å². The third-order valence-corrected chi connectivity index (χ3v) is 5.03. The lowest BCUT2D eigenvalue weighted by atomic mass is 9.89. The van der Waals surface area contributed by atoms with Crippen LogP contribution in [-0.4, -0.2) is 60.5 Å². The number of nitrogens with one attached hydrogen (secondary N) is 1. The van der Waals surface area contributed by atoms with Gasteiger partial charge in [0.25, 0.3) is 5.91 Å². The Labute approximate surface area is 177 Å². The van der Waals surface area contributed by atoms with Gasteiger partial charge in [0.15, 0.2) is 16.9 Å². The summed E-state index contributed by atoms with van der Waals surface area (Å²) in [6.45, 7) is 2.69. The van der Waals surface area contributed by atoms with Gasteiger partial charge in [0.2, 0.25) is 12.0 Å². The van der Waals surface area contributed by atoms with Crippen LogP contribution in [0, 0.1) is 12.3 Å². The zero-order chi connectivity index (χ0) is 23.0. The highest BCUT2D eigenvalue weighted by molar-refractivity contribution is 6.04. The summed E-state index contributed by atoms with van der Waals surface area (Å²) in [5.74, 6) is 1.18. The van der Waals surface area contributed by atoms with Crippen LogP contribution >= 0.6 is 0 Å². The van der Waals surface area contributed by atoms with Gasteiger partial charge in [-0.3, -0.25) is 4.79 Å². The topological polar surface area (TPSA) is 137 Å². The minimum absolute atomic E-state index is 0.0387. The molecule has 1 aliphatic heterocycles. The predicted molar refractivity (Wildman–Crippen MR) is 109 cm³/mol. The Morgan fingerprint density at radius 1 is 1.35 bits per heavy atom. The van der Waals surface area contributed by atoms with Crippen molar-refractivity contribution in [2.75, 3.05) is 26.1 Å². The van der Waals surface area contributed by atoms with Crippen LogP contribution in [0.15, 0.2) is 27.4 Å². The summed E-state index contributed by atoms with van der Waals surface area (Å²) >= 11 is 0. The van der Waals surface area contributed by atoms with E-state index in [1.807, 2.05) is 5.92 Å². The van der Waals surface area contributed by atoms with Gasteiger partial charge in [0.05, 0.1) is 19.3 Å². The largest absolute Gasteiger partial charge is 0.490 e. The van der Waals surface area contributed by atoms with E-state index in [1.165, 1.54) is 26.4 Å². The first-order valence-electron chi connectivity index (χ1n) is 9.24. The molecule has 1 fully saturated rings. The number of amides is 1. The molecule has 3 atom stereocenters. The van der Waals surface area contributed by atoms with E-state index >= 15 is 0 Å². The summed E-state index contributed by atoms with van der Waals surface area (Å²) in [5, 5.41) is 23.5. The van der Waals surface area contributed by atoms with Crippen LogP contribution in [0.4, 0.5) is 5.69 Å². The van der Waals surface area contributed by atoms with Gasteiger partial charge in [0, 0.05) is 12.5 Å². The number of methoxy groups -OCH3 is 2. The minimum atomic E-state index is -1.87. The van der Waals surface area contributed by atoms with Gasteiger partial charge in [-0.2, -0.15) is 0 Å². The quantitative estimate of drug-likeness (QED) is 0.442. The SMILES string of the molecule is C#CC(=O)Nc1cc2ccc(OC3OC(C)(C)C(OC)C3(O)CO)c(OC)c2oc1=O. The molecule has 10 nitrogen and oxygen atoms in total. The van der Waals surface area contributed by atoms with Crippen molar-refractivity contribution in [3.05, 3.63) is 28.6 Å². The van der Waals surface area contributed by atoms with Crippen molar-refractivity contribution in [3.63, 3.8) is 0 Å². The molecule has 1 saturated heterocycles. The lowest BCUT2D eigenvalue weighted by Gasteiger charge is -2.32. The average Bonchev–Trinajstić information content (AvgIpc) is 2.93. The first kappa shape index (κ1) is 22.6. The molecular formula is C21H23NO9. The maximum absolute atomic E-state index is 12.3. The number of ether oxygens (including phenoxy) is 4. The fourth-order valence-corrected chi connectivity index (χ4v) is 3.72. The molecule has 1 aliphatic rings. The number of anilines is 1. The molecule has 10 heteroatoms. The fourth-order valence-electron chi connectivity index (χ4n) is 3.72. The van der Waals surface area contributed by atoms with E-state index in [2.05, 4.69) is 5.32 Å². The number of fused-ring (bicyclic) bond motifs is 1. The Hall–Kier alpha value is -3.10. The van der Waals surface area contributed by atoms with Gasteiger partial charge < -0.3 is 38.9 Å². The highest BCUT2D eigenvalue weighted by Gasteiger charge is 2.61. The molecule has 1 aromatic carbocycles. The third-order valence-electron chi connectivity index (χ3n) is 5.03. The van der Waals surface area contributed by atoms with Crippen molar-refractivity contribution in [2.45, 2.75) is 37.4 Å². The van der Waals surface area contributed by atoms with E-state index in [9.17, 15) is 19.8 Å². The molecule has 0 spiro atoms. The molecule has 0 bridgehead atoms. The van der Waals surface area contributed by atoms with Crippen LogP contribution in [0.5, 0.6) is 11.5 Å². The summed E-state index contributed by atoms with van der Waals surface area (Å²) in [6, 6.07) is 4.43. The zero-order valence-electron chi connectivity index (χ0n) is 17.4. The Kier molecular flexibility index (Phi) is 5.98. The van der Waals surface area contributed by atoms with Gasteiger partial charge >= 0.3 is 5.63 Å². The second-order valence-corrected chi connectivity index (χ2v) is 7.50. The lowest BCUT2D eigenvalue weighted by Crippen LogP contribution is -2.55. The molecule has 1 amide bonds. The van der Waals surface area contributed by atoms with E-state index < -0.39 is 41.7 Å². The van der Waals surface area contributed by atoms with Gasteiger partial charge in [-0.1, -0.05) is 0 Å². The Morgan fingerprint density at radius 3 is 2.65 bits per heavy atom. The molecule has 3 unspecified atom stereocenters. The normalized spacial score (nSPS) is 24.5. The van der Waals surface area contributed by atoms with E-state index in [0.717, 1.165) is 0 Å². The number of hydrogen-bond donors (Lipinski definition) is 3. The molecular weight excluding hydrogens is 410 g/mol. The average molecular weight is 433 g/mol. The summed E-state index contributed by atoms with van der Waals surface area (Å²) in [5.41, 5.74) is -3.79. The van der Waals surface area contributed by atoms with E-state index in [-0.39, 0.29) is 22.8 Å². The highest BCUT2D eigenvalue weighted by Crippen LogP contribution is 2.43. The number of hydrogen-bond acceptors (Lipinski definition) is 9. The van der Waals surface area contributed by atoms with Crippen LogP contribution in [0.3, 0.4) is 0 Å². The van der Waals surface area contributed by atoms with Crippen LogP contribution in [0.1, 0.15) is 13.8 Å². The zero-order valence-corrected chi connectivity index (χ0v) is 17.4. The summed E-state index contributed by atoms with van der Waals surface area (Å²) in [6.07, 6.45) is 2.81. The molecule has 3 N–H and O–H groups in total. The molecule has 0 radical (unpaired) electrons. The lowest BCUT2D eigenvalue weighted by molar-refractivity contribution is -0.183. The maximum atomic E-state index is 12.3. The van der Waals surface area contributed by atoms with Gasteiger partial charge in [-0.05, 0) is 38.0 Å². The molecule has 2 heterocycles. The van der Waals surface area contributed by atoms with E-state index in [1.54, 1.807) is 19.9 Å². The highest BCUT2D eigenvalue weighted by atomic mass is 16.7. The van der Waals surface area contributed by atoms with Gasteiger partial charge in [-0.25, -0.2) is 4.79 Å². The summed E-state index contributed by atoms with van der Waals surface area (Å²) in [4.78, 5) is 23.7. The third kappa shape index (κ3) is 3.84. The summed E-state index contributed by atoms with van der Waals surface area (Å²) in [7, 11) is 2.73. The molecule has 31 heavy (non-hydrogen) atoms. The van der Waals surface area contributed by atoms with Crippen LogP contribution in [0.25, 0.3) is 11.0 Å². The summed E-state index contributed by atoms with van der Waals surface area (Å²) < 4.78 is 27.7. The maximum Gasteiger partial charge on any atom is 0.360 e. The molecule has 3 rings (SSSR count). The van der Waals surface area contributed by atoms with Crippen molar-refractivity contribution < 1.29 is 38.4 Å². The number of benzene rings is 1. The first-order chi connectivity index (χ1) is 14.6. The Bertz CT molecular complexity index is 1100.